The van der Waals surface area contributed by atoms with Gasteiger partial charge in [-0.15, -0.1) is 24.0 Å². The maximum Gasteiger partial charge on any atom is 0.189 e. The molecule has 2 aromatic rings. The summed E-state index contributed by atoms with van der Waals surface area (Å²) in [5.41, 5.74) is 6.33. The van der Waals surface area contributed by atoms with Crippen LogP contribution in [0.3, 0.4) is 0 Å². The molecular formula is C17H22FIN4O. The summed E-state index contributed by atoms with van der Waals surface area (Å²) in [5.74, 6) is 0.500. The molecule has 0 atom stereocenters. The Labute approximate surface area is 158 Å². The molecule has 0 saturated carbocycles. The van der Waals surface area contributed by atoms with E-state index in [0.29, 0.717) is 23.8 Å². The first kappa shape index (κ1) is 20.1. The monoisotopic (exact) mass is 444 g/mol. The van der Waals surface area contributed by atoms with E-state index in [4.69, 9.17) is 10.5 Å². The highest BCUT2D eigenvalue weighted by atomic mass is 127. The van der Waals surface area contributed by atoms with Crippen LogP contribution in [0.1, 0.15) is 26.3 Å². The van der Waals surface area contributed by atoms with E-state index in [-0.39, 0.29) is 35.3 Å². The summed E-state index contributed by atoms with van der Waals surface area (Å²) < 4.78 is 19.5. The van der Waals surface area contributed by atoms with Crippen LogP contribution < -0.4 is 15.8 Å². The van der Waals surface area contributed by atoms with Crippen LogP contribution in [0.5, 0.6) is 11.5 Å². The van der Waals surface area contributed by atoms with E-state index in [9.17, 15) is 4.39 Å². The quantitative estimate of drug-likeness (QED) is 0.427. The average molecular weight is 444 g/mol. The summed E-state index contributed by atoms with van der Waals surface area (Å²) >= 11 is 0. The fourth-order valence-corrected chi connectivity index (χ4v) is 1.86. The molecule has 0 fully saturated rings. The number of benzene rings is 1. The van der Waals surface area contributed by atoms with Crippen molar-refractivity contribution < 1.29 is 9.13 Å². The standard InChI is InChI=1S/C17H21FN4O.HI/c1-17(2,3)22-16(19)21-10-12-6-7-15(14(18)9-12)23-13-5-4-8-20-11-13;/h4-9,11H,10H2,1-3H3,(H3,19,21,22);1H. The number of aromatic nitrogens is 1. The number of hydrogen-bond donors (Lipinski definition) is 2. The third-order valence-corrected chi connectivity index (χ3v) is 2.79. The fourth-order valence-electron chi connectivity index (χ4n) is 1.86. The van der Waals surface area contributed by atoms with Crippen LogP contribution in [0.15, 0.2) is 47.7 Å². The summed E-state index contributed by atoms with van der Waals surface area (Å²) in [4.78, 5) is 8.12. The number of guanidine groups is 1. The second-order valence-corrected chi connectivity index (χ2v) is 6.13. The summed E-state index contributed by atoms with van der Waals surface area (Å²) in [6.07, 6.45) is 3.15. The van der Waals surface area contributed by atoms with Gasteiger partial charge in [0.15, 0.2) is 17.5 Å². The molecule has 0 spiro atoms. The predicted octanol–water partition coefficient (Wildman–Crippen LogP) is 3.83. The van der Waals surface area contributed by atoms with Crippen molar-refractivity contribution >= 4 is 29.9 Å². The first-order valence-corrected chi connectivity index (χ1v) is 7.28. The van der Waals surface area contributed by atoms with Crippen molar-refractivity contribution in [2.24, 2.45) is 10.7 Å². The minimum absolute atomic E-state index is 0. The van der Waals surface area contributed by atoms with Gasteiger partial charge in [-0.25, -0.2) is 9.38 Å². The Morgan fingerprint density at radius 1 is 1.33 bits per heavy atom. The number of hydrogen-bond acceptors (Lipinski definition) is 3. The van der Waals surface area contributed by atoms with Crippen LogP contribution in [0.2, 0.25) is 0 Å². The van der Waals surface area contributed by atoms with Gasteiger partial charge in [0.25, 0.3) is 0 Å². The minimum atomic E-state index is -0.455. The van der Waals surface area contributed by atoms with Crippen molar-refractivity contribution in [3.05, 3.63) is 54.1 Å². The lowest BCUT2D eigenvalue weighted by Gasteiger charge is -2.21. The molecule has 3 N–H and O–H groups in total. The van der Waals surface area contributed by atoms with Crippen molar-refractivity contribution in [2.75, 3.05) is 0 Å². The maximum atomic E-state index is 14.1. The van der Waals surface area contributed by atoms with Crippen LogP contribution in [0, 0.1) is 5.82 Å². The van der Waals surface area contributed by atoms with Gasteiger partial charge in [0.2, 0.25) is 0 Å². The molecule has 7 heteroatoms. The van der Waals surface area contributed by atoms with E-state index in [1.54, 1.807) is 30.5 Å². The third kappa shape index (κ3) is 6.69. The average Bonchev–Trinajstić information content (AvgIpc) is 2.47. The van der Waals surface area contributed by atoms with Gasteiger partial charge in [-0.3, -0.25) is 4.98 Å². The Bertz CT molecular complexity index is 687. The van der Waals surface area contributed by atoms with Crippen molar-refractivity contribution in [3.8, 4) is 11.5 Å². The second-order valence-electron chi connectivity index (χ2n) is 6.13. The molecular weight excluding hydrogens is 422 g/mol. The lowest BCUT2D eigenvalue weighted by Crippen LogP contribution is -2.44. The smallest absolute Gasteiger partial charge is 0.189 e. The number of nitrogens with two attached hydrogens (primary N) is 1. The number of ether oxygens (including phenoxy) is 1. The zero-order valence-corrected chi connectivity index (χ0v) is 16.2. The highest BCUT2D eigenvalue weighted by Crippen LogP contribution is 2.24. The molecule has 0 unspecified atom stereocenters. The summed E-state index contributed by atoms with van der Waals surface area (Å²) in [7, 11) is 0. The van der Waals surface area contributed by atoms with Crippen LogP contribution >= 0.6 is 24.0 Å². The highest BCUT2D eigenvalue weighted by molar-refractivity contribution is 14.0. The second kappa shape index (κ2) is 8.81. The molecule has 0 amide bonds. The molecule has 0 radical (unpaired) electrons. The molecule has 2 rings (SSSR count). The number of nitrogens with one attached hydrogen (secondary N) is 1. The normalized spacial score (nSPS) is 11.6. The SMILES string of the molecule is CC(C)(C)NC(N)=NCc1ccc(Oc2cccnc2)c(F)c1.I. The third-order valence-electron chi connectivity index (χ3n) is 2.79. The van der Waals surface area contributed by atoms with Crippen molar-refractivity contribution in [3.63, 3.8) is 0 Å². The molecule has 1 aromatic carbocycles. The van der Waals surface area contributed by atoms with Crippen LogP contribution in [0.4, 0.5) is 4.39 Å². The molecule has 0 aliphatic carbocycles. The molecule has 24 heavy (non-hydrogen) atoms. The Balaban J connectivity index is 0.00000288. The molecule has 130 valence electrons. The van der Waals surface area contributed by atoms with Gasteiger partial charge < -0.3 is 15.8 Å². The van der Waals surface area contributed by atoms with Crippen molar-refractivity contribution in [1.82, 2.24) is 10.3 Å². The maximum absolute atomic E-state index is 14.1. The molecule has 0 aliphatic rings. The summed E-state index contributed by atoms with van der Waals surface area (Å²) in [6, 6.07) is 8.15. The van der Waals surface area contributed by atoms with Gasteiger partial charge in [-0.05, 0) is 50.6 Å². The first-order chi connectivity index (χ1) is 10.8. The van der Waals surface area contributed by atoms with Gasteiger partial charge in [-0.2, -0.15) is 0 Å². The van der Waals surface area contributed by atoms with E-state index in [1.165, 1.54) is 12.3 Å². The van der Waals surface area contributed by atoms with Crippen LogP contribution in [-0.4, -0.2) is 16.5 Å². The topological polar surface area (TPSA) is 72.5 Å². The number of nitrogens with zero attached hydrogens (tertiary/aromatic N) is 2. The molecule has 0 aliphatic heterocycles. The fraction of sp³-hybridized carbons (Fsp3) is 0.294. The van der Waals surface area contributed by atoms with Crippen molar-refractivity contribution in [1.29, 1.82) is 0 Å². The lowest BCUT2D eigenvalue weighted by molar-refractivity contribution is 0.440. The van der Waals surface area contributed by atoms with Crippen LogP contribution in [-0.2, 0) is 6.54 Å². The number of pyridine rings is 1. The highest BCUT2D eigenvalue weighted by Gasteiger charge is 2.10. The van der Waals surface area contributed by atoms with E-state index in [0.717, 1.165) is 0 Å². The zero-order valence-electron chi connectivity index (χ0n) is 13.9. The van der Waals surface area contributed by atoms with E-state index < -0.39 is 5.82 Å². The molecule has 1 heterocycles. The Kier molecular flexibility index (Phi) is 7.40. The Hall–Kier alpha value is -1.90. The number of aliphatic imine (C=N–C) groups is 1. The number of halogens is 2. The zero-order chi connectivity index (χ0) is 16.9. The van der Waals surface area contributed by atoms with E-state index >= 15 is 0 Å². The first-order valence-electron chi connectivity index (χ1n) is 7.28. The van der Waals surface area contributed by atoms with E-state index in [2.05, 4.69) is 15.3 Å². The Morgan fingerprint density at radius 2 is 2.08 bits per heavy atom. The van der Waals surface area contributed by atoms with Gasteiger partial charge >= 0.3 is 0 Å². The summed E-state index contributed by atoms with van der Waals surface area (Å²) in [6.45, 7) is 6.25. The largest absolute Gasteiger partial charge is 0.453 e. The van der Waals surface area contributed by atoms with Gasteiger partial charge in [0.05, 0.1) is 12.7 Å². The molecule has 0 bridgehead atoms. The predicted molar refractivity (Wildman–Crippen MR) is 104 cm³/mol. The molecule has 5 nitrogen and oxygen atoms in total. The summed E-state index contributed by atoms with van der Waals surface area (Å²) in [5, 5.41) is 3.05. The molecule has 1 aromatic heterocycles. The minimum Gasteiger partial charge on any atom is -0.453 e. The Morgan fingerprint density at radius 3 is 2.67 bits per heavy atom. The van der Waals surface area contributed by atoms with Crippen molar-refractivity contribution in [2.45, 2.75) is 32.9 Å². The lowest BCUT2D eigenvalue weighted by atomic mass is 10.1. The van der Waals surface area contributed by atoms with Gasteiger partial charge in [0.1, 0.15) is 5.75 Å². The van der Waals surface area contributed by atoms with Gasteiger partial charge in [-0.1, -0.05) is 6.07 Å². The van der Waals surface area contributed by atoms with Gasteiger partial charge in [0, 0.05) is 11.7 Å². The van der Waals surface area contributed by atoms with Crippen LogP contribution in [0.25, 0.3) is 0 Å². The molecule has 0 saturated heterocycles. The number of rotatable bonds is 4. The van der Waals surface area contributed by atoms with E-state index in [1.807, 2.05) is 20.8 Å².